The van der Waals surface area contributed by atoms with E-state index >= 15 is 0 Å². The third-order valence-corrected chi connectivity index (χ3v) is 7.01. The van der Waals surface area contributed by atoms with Gasteiger partial charge in [0, 0.05) is 23.5 Å². The van der Waals surface area contributed by atoms with Crippen molar-refractivity contribution in [2.24, 2.45) is 5.92 Å². The third-order valence-electron chi connectivity index (χ3n) is 7.01. The Bertz CT molecular complexity index is 1250. The number of anilines is 2. The van der Waals surface area contributed by atoms with Crippen LogP contribution in [0.15, 0.2) is 60.7 Å². The van der Waals surface area contributed by atoms with Gasteiger partial charge in [0.15, 0.2) is 0 Å². The second-order valence-corrected chi connectivity index (χ2v) is 10.1. The number of carbonyl (C=O) groups is 2. The van der Waals surface area contributed by atoms with Crippen LogP contribution in [0.2, 0.25) is 0 Å². The first-order chi connectivity index (χ1) is 17.3. The maximum absolute atomic E-state index is 13.1. The van der Waals surface area contributed by atoms with Gasteiger partial charge in [-0.15, -0.1) is 0 Å². The van der Waals surface area contributed by atoms with Crippen molar-refractivity contribution in [3.63, 3.8) is 0 Å². The molecule has 5 nitrogen and oxygen atoms in total. The Morgan fingerprint density at radius 3 is 2.33 bits per heavy atom. The summed E-state index contributed by atoms with van der Waals surface area (Å²) < 4.78 is 0. The first-order valence-corrected chi connectivity index (χ1v) is 12.9. The Morgan fingerprint density at radius 2 is 1.69 bits per heavy atom. The quantitative estimate of drug-likeness (QED) is 0.299. The van der Waals surface area contributed by atoms with E-state index in [1.54, 1.807) is 0 Å². The molecule has 1 heterocycles. The van der Waals surface area contributed by atoms with Crippen LogP contribution in [0.3, 0.4) is 0 Å². The number of carbonyl (C=O) groups excluding carboxylic acids is 1. The molecule has 0 aromatic heterocycles. The number of carboxylic acids is 1. The maximum atomic E-state index is 13.1. The van der Waals surface area contributed by atoms with Gasteiger partial charge in [-0.2, -0.15) is 0 Å². The average Bonchev–Trinajstić information content (AvgIpc) is 3.15. The molecule has 0 unspecified atom stereocenters. The number of hydrogen-bond acceptors (Lipinski definition) is 3. The smallest absolute Gasteiger partial charge is 0.326 e. The standard InChI is InChI=1S/C31H36N2O3/c1-5-6-7-8-22-9-13-25(14-10-22)32-26-15-16-27(21(4)17-26)23-11-12-24-19-33(30(34)28(24)18-23)29(20(2)3)31(35)36/h9-18,20,29,32H,5-8,19H2,1-4H3,(H,35,36)/t29-/m0/s1. The van der Waals surface area contributed by atoms with Gasteiger partial charge in [-0.05, 0) is 83.8 Å². The maximum Gasteiger partial charge on any atom is 0.326 e. The lowest BCUT2D eigenvalue weighted by atomic mass is 9.96. The lowest BCUT2D eigenvalue weighted by molar-refractivity contribution is -0.144. The molecule has 3 aromatic carbocycles. The minimum atomic E-state index is -0.962. The highest BCUT2D eigenvalue weighted by atomic mass is 16.4. The molecule has 1 aliphatic rings. The SMILES string of the molecule is CCCCCc1ccc(Nc2ccc(-c3ccc4c(c3)C(=O)N([C@H](C(=O)O)C(C)C)C4)c(C)c2)cc1. The fourth-order valence-electron chi connectivity index (χ4n) is 5.06. The Kier molecular flexibility index (Phi) is 7.78. The Balaban J connectivity index is 1.49. The van der Waals surface area contributed by atoms with Crippen molar-refractivity contribution in [2.45, 2.75) is 66.0 Å². The molecule has 1 amide bonds. The summed E-state index contributed by atoms with van der Waals surface area (Å²) in [4.78, 5) is 26.4. The molecule has 3 aromatic rings. The summed E-state index contributed by atoms with van der Waals surface area (Å²) in [5.74, 6) is -1.33. The van der Waals surface area contributed by atoms with Crippen LogP contribution in [-0.4, -0.2) is 27.9 Å². The van der Waals surface area contributed by atoms with Gasteiger partial charge in [0.1, 0.15) is 6.04 Å². The van der Waals surface area contributed by atoms with Crippen LogP contribution in [0.1, 0.15) is 67.1 Å². The molecule has 5 heteroatoms. The highest BCUT2D eigenvalue weighted by Gasteiger charge is 2.38. The number of unbranched alkanes of at least 4 members (excludes halogenated alkanes) is 2. The van der Waals surface area contributed by atoms with Gasteiger partial charge in [0.05, 0.1) is 0 Å². The zero-order valence-electron chi connectivity index (χ0n) is 21.7. The predicted octanol–water partition coefficient (Wildman–Crippen LogP) is 7.20. The topological polar surface area (TPSA) is 69.6 Å². The molecule has 36 heavy (non-hydrogen) atoms. The molecule has 2 N–H and O–H groups in total. The monoisotopic (exact) mass is 484 g/mol. The molecule has 1 aliphatic heterocycles. The molecule has 0 saturated heterocycles. The van der Waals surface area contributed by atoms with Crippen molar-refractivity contribution < 1.29 is 14.7 Å². The van der Waals surface area contributed by atoms with Crippen molar-refractivity contribution in [1.82, 2.24) is 4.90 Å². The van der Waals surface area contributed by atoms with Crippen LogP contribution in [0.4, 0.5) is 11.4 Å². The number of carboxylic acid groups (broad SMARTS) is 1. The summed E-state index contributed by atoms with van der Waals surface area (Å²) in [5.41, 5.74) is 8.03. The Morgan fingerprint density at radius 1 is 0.972 bits per heavy atom. The Hall–Kier alpha value is -3.60. The number of fused-ring (bicyclic) bond motifs is 1. The summed E-state index contributed by atoms with van der Waals surface area (Å²) in [7, 11) is 0. The molecular weight excluding hydrogens is 448 g/mol. The lowest BCUT2D eigenvalue weighted by Gasteiger charge is -2.27. The fourth-order valence-corrected chi connectivity index (χ4v) is 5.06. The van der Waals surface area contributed by atoms with E-state index in [1.807, 2.05) is 32.0 Å². The number of amides is 1. The van der Waals surface area contributed by atoms with Crippen molar-refractivity contribution >= 4 is 23.3 Å². The number of rotatable bonds is 10. The fraction of sp³-hybridized carbons (Fsp3) is 0.355. The van der Waals surface area contributed by atoms with Crippen LogP contribution in [-0.2, 0) is 17.8 Å². The van der Waals surface area contributed by atoms with E-state index in [2.05, 4.69) is 61.6 Å². The first kappa shape index (κ1) is 25.5. The predicted molar refractivity (Wildman–Crippen MR) is 146 cm³/mol. The number of aryl methyl sites for hydroxylation is 2. The average molecular weight is 485 g/mol. The largest absolute Gasteiger partial charge is 0.480 e. The van der Waals surface area contributed by atoms with Crippen LogP contribution >= 0.6 is 0 Å². The number of benzene rings is 3. The van der Waals surface area contributed by atoms with Crippen LogP contribution in [0.5, 0.6) is 0 Å². The molecule has 0 spiro atoms. The molecule has 0 saturated carbocycles. The molecule has 188 valence electrons. The van der Waals surface area contributed by atoms with Gasteiger partial charge in [0.25, 0.3) is 5.91 Å². The van der Waals surface area contributed by atoms with E-state index in [-0.39, 0.29) is 11.8 Å². The van der Waals surface area contributed by atoms with Gasteiger partial charge < -0.3 is 15.3 Å². The first-order valence-electron chi connectivity index (χ1n) is 12.9. The van der Waals surface area contributed by atoms with Crippen molar-refractivity contribution in [3.05, 3.63) is 82.9 Å². The lowest BCUT2D eigenvalue weighted by Crippen LogP contribution is -2.44. The molecular formula is C31H36N2O3. The minimum Gasteiger partial charge on any atom is -0.480 e. The van der Waals surface area contributed by atoms with E-state index in [0.29, 0.717) is 12.1 Å². The zero-order chi connectivity index (χ0) is 25.8. The van der Waals surface area contributed by atoms with E-state index in [4.69, 9.17) is 0 Å². The highest BCUT2D eigenvalue weighted by Crippen LogP contribution is 2.33. The van der Waals surface area contributed by atoms with E-state index in [9.17, 15) is 14.7 Å². The summed E-state index contributed by atoms with van der Waals surface area (Å²) in [6.45, 7) is 8.30. The molecule has 0 fully saturated rings. The summed E-state index contributed by atoms with van der Waals surface area (Å²) in [5, 5.41) is 13.1. The van der Waals surface area contributed by atoms with E-state index in [1.165, 1.54) is 29.7 Å². The second kappa shape index (κ2) is 11.0. The summed E-state index contributed by atoms with van der Waals surface area (Å²) in [6, 6.07) is 19.9. The zero-order valence-corrected chi connectivity index (χ0v) is 21.7. The molecule has 0 radical (unpaired) electrons. The molecule has 0 aliphatic carbocycles. The van der Waals surface area contributed by atoms with E-state index < -0.39 is 12.0 Å². The van der Waals surface area contributed by atoms with E-state index in [0.717, 1.165) is 40.0 Å². The Labute approximate surface area is 214 Å². The van der Waals surface area contributed by atoms with Crippen molar-refractivity contribution in [3.8, 4) is 11.1 Å². The van der Waals surface area contributed by atoms with Gasteiger partial charge in [-0.3, -0.25) is 4.79 Å². The summed E-state index contributed by atoms with van der Waals surface area (Å²) >= 11 is 0. The number of aliphatic carboxylic acids is 1. The minimum absolute atomic E-state index is 0.167. The molecule has 0 bridgehead atoms. The second-order valence-electron chi connectivity index (χ2n) is 10.1. The summed E-state index contributed by atoms with van der Waals surface area (Å²) in [6.07, 6.45) is 4.85. The molecule has 1 atom stereocenters. The van der Waals surface area contributed by atoms with Gasteiger partial charge in [-0.25, -0.2) is 4.79 Å². The molecule has 4 rings (SSSR count). The van der Waals surface area contributed by atoms with Crippen molar-refractivity contribution in [2.75, 3.05) is 5.32 Å². The number of nitrogens with zero attached hydrogens (tertiary/aromatic N) is 1. The van der Waals surface area contributed by atoms with Crippen LogP contribution < -0.4 is 5.32 Å². The van der Waals surface area contributed by atoms with Gasteiger partial charge in [0.2, 0.25) is 0 Å². The highest BCUT2D eigenvalue weighted by molar-refractivity contribution is 6.01. The van der Waals surface area contributed by atoms with Gasteiger partial charge >= 0.3 is 5.97 Å². The van der Waals surface area contributed by atoms with Crippen LogP contribution in [0.25, 0.3) is 11.1 Å². The number of nitrogens with one attached hydrogen (secondary N) is 1. The van der Waals surface area contributed by atoms with Gasteiger partial charge in [-0.1, -0.05) is 63.9 Å². The van der Waals surface area contributed by atoms with Crippen LogP contribution in [0, 0.1) is 12.8 Å². The third kappa shape index (κ3) is 5.46. The number of hydrogen-bond donors (Lipinski definition) is 2. The van der Waals surface area contributed by atoms with Crippen molar-refractivity contribution in [1.29, 1.82) is 0 Å². The normalized spacial score (nSPS) is 13.7.